The van der Waals surface area contributed by atoms with Gasteiger partial charge in [-0.1, -0.05) is 6.07 Å². The first-order valence-electron chi connectivity index (χ1n) is 8.52. The number of carbonyl (C=O) groups excluding carboxylic acids is 1. The molecule has 1 aliphatic heterocycles. The Kier molecular flexibility index (Phi) is 5.61. The topological polar surface area (TPSA) is 50.8 Å². The molecule has 0 aliphatic carbocycles. The number of nitrogens with one attached hydrogen (secondary N) is 1. The van der Waals surface area contributed by atoms with Gasteiger partial charge in [-0.2, -0.15) is 0 Å². The summed E-state index contributed by atoms with van der Waals surface area (Å²) in [5, 5.41) is 2.94. The number of amides is 2. The van der Waals surface area contributed by atoms with Gasteiger partial charge in [0, 0.05) is 29.6 Å². The van der Waals surface area contributed by atoms with E-state index < -0.39 is 0 Å². The maximum absolute atomic E-state index is 12.9. The van der Waals surface area contributed by atoms with E-state index in [1.54, 1.807) is 26.0 Å². The van der Waals surface area contributed by atoms with E-state index >= 15 is 0 Å². The van der Waals surface area contributed by atoms with Gasteiger partial charge in [0.1, 0.15) is 16.9 Å². The Balaban J connectivity index is 1.81. The first kappa shape index (κ1) is 18.5. The van der Waals surface area contributed by atoms with Crippen LogP contribution in [-0.4, -0.2) is 37.4 Å². The van der Waals surface area contributed by atoms with Crippen LogP contribution in [0.4, 0.5) is 10.5 Å². The Bertz CT molecular complexity index is 810. The molecule has 1 atom stereocenters. The second-order valence-electron chi connectivity index (χ2n) is 6.25. The van der Waals surface area contributed by atoms with E-state index in [4.69, 9.17) is 9.47 Å². The summed E-state index contributed by atoms with van der Waals surface area (Å²) in [5.41, 5.74) is 4.16. The van der Waals surface area contributed by atoms with Crippen LogP contribution in [0, 0.1) is 13.8 Å². The molecule has 5 nitrogen and oxygen atoms in total. The molecular weight excluding hydrogens is 348 g/mol. The Labute approximate surface area is 158 Å². The lowest BCUT2D eigenvalue weighted by Gasteiger charge is -2.26. The number of carbonyl (C=O) groups is 1. The molecule has 1 N–H and O–H groups in total. The van der Waals surface area contributed by atoms with Gasteiger partial charge in [-0.3, -0.25) is 0 Å². The number of thioether (sulfide) groups is 1. The lowest BCUT2D eigenvalue weighted by molar-refractivity contribution is 0.213. The van der Waals surface area contributed by atoms with Crippen LogP contribution in [-0.2, 0) is 0 Å². The third kappa shape index (κ3) is 3.75. The van der Waals surface area contributed by atoms with Crippen molar-refractivity contribution in [2.45, 2.75) is 19.2 Å². The molecule has 1 fully saturated rings. The van der Waals surface area contributed by atoms with Crippen molar-refractivity contribution >= 4 is 23.5 Å². The average Bonchev–Trinajstić information content (AvgIpc) is 3.13. The van der Waals surface area contributed by atoms with Crippen LogP contribution < -0.4 is 14.8 Å². The van der Waals surface area contributed by atoms with Crippen molar-refractivity contribution in [3.8, 4) is 11.5 Å². The third-order valence-electron chi connectivity index (χ3n) is 4.62. The van der Waals surface area contributed by atoms with Crippen LogP contribution in [0.25, 0.3) is 0 Å². The third-order valence-corrected chi connectivity index (χ3v) is 5.86. The lowest BCUT2D eigenvalue weighted by Crippen LogP contribution is -2.34. The predicted octanol–water partition coefficient (Wildman–Crippen LogP) is 4.60. The average molecular weight is 372 g/mol. The van der Waals surface area contributed by atoms with Gasteiger partial charge in [-0.05, 0) is 49.2 Å². The monoisotopic (exact) mass is 372 g/mol. The number of methoxy groups -OCH3 is 2. The number of hydrogen-bond donors (Lipinski definition) is 1. The summed E-state index contributed by atoms with van der Waals surface area (Å²) in [5.74, 6) is 2.35. The Morgan fingerprint density at radius 2 is 1.92 bits per heavy atom. The number of hydrogen-bond acceptors (Lipinski definition) is 4. The van der Waals surface area contributed by atoms with E-state index in [2.05, 4.69) is 12.2 Å². The molecule has 1 unspecified atom stereocenters. The highest BCUT2D eigenvalue weighted by Crippen LogP contribution is 2.43. The van der Waals surface area contributed by atoms with E-state index in [0.717, 1.165) is 34.1 Å². The number of urea groups is 1. The molecule has 138 valence electrons. The molecule has 0 aromatic heterocycles. The largest absolute Gasteiger partial charge is 0.497 e. The molecule has 1 saturated heterocycles. The van der Waals surface area contributed by atoms with Gasteiger partial charge in [0.05, 0.1) is 14.2 Å². The van der Waals surface area contributed by atoms with Gasteiger partial charge >= 0.3 is 6.03 Å². The number of anilines is 1. The first-order chi connectivity index (χ1) is 12.5. The molecule has 1 heterocycles. The smallest absolute Gasteiger partial charge is 0.323 e. The molecule has 6 heteroatoms. The maximum atomic E-state index is 12.9. The fraction of sp³-hybridized carbons (Fsp3) is 0.350. The quantitative estimate of drug-likeness (QED) is 0.852. The van der Waals surface area contributed by atoms with Crippen LogP contribution in [0.1, 0.15) is 22.1 Å². The summed E-state index contributed by atoms with van der Waals surface area (Å²) in [7, 11) is 3.26. The van der Waals surface area contributed by atoms with E-state index in [1.165, 1.54) is 5.56 Å². The minimum absolute atomic E-state index is 0.0811. The van der Waals surface area contributed by atoms with Gasteiger partial charge < -0.3 is 19.7 Å². The highest BCUT2D eigenvalue weighted by Gasteiger charge is 2.32. The van der Waals surface area contributed by atoms with Crippen molar-refractivity contribution in [1.29, 1.82) is 0 Å². The molecule has 0 saturated carbocycles. The van der Waals surface area contributed by atoms with Gasteiger partial charge in [-0.15, -0.1) is 11.8 Å². The molecule has 26 heavy (non-hydrogen) atoms. The maximum Gasteiger partial charge on any atom is 0.323 e. The second-order valence-corrected chi connectivity index (χ2v) is 7.44. The van der Waals surface area contributed by atoms with Crippen molar-refractivity contribution in [2.75, 3.05) is 31.8 Å². The molecule has 0 spiro atoms. The number of aryl methyl sites for hydroxylation is 2. The van der Waals surface area contributed by atoms with Gasteiger partial charge in [0.25, 0.3) is 0 Å². The van der Waals surface area contributed by atoms with Crippen molar-refractivity contribution in [1.82, 2.24) is 4.90 Å². The van der Waals surface area contributed by atoms with Crippen LogP contribution in [0.3, 0.4) is 0 Å². The van der Waals surface area contributed by atoms with Gasteiger partial charge in [0.15, 0.2) is 0 Å². The second kappa shape index (κ2) is 7.91. The van der Waals surface area contributed by atoms with E-state index in [1.807, 2.05) is 48.2 Å². The Hall–Kier alpha value is -2.34. The van der Waals surface area contributed by atoms with E-state index in [9.17, 15) is 4.79 Å². The number of ether oxygens (including phenoxy) is 2. The van der Waals surface area contributed by atoms with Crippen LogP contribution >= 0.6 is 11.8 Å². The normalized spacial score (nSPS) is 16.5. The summed E-state index contributed by atoms with van der Waals surface area (Å²) < 4.78 is 10.8. The Morgan fingerprint density at radius 3 is 2.62 bits per heavy atom. The zero-order chi connectivity index (χ0) is 18.7. The molecular formula is C20H24N2O3S. The zero-order valence-electron chi connectivity index (χ0n) is 15.5. The summed E-state index contributed by atoms with van der Waals surface area (Å²) >= 11 is 1.74. The fourth-order valence-corrected chi connectivity index (χ4v) is 4.25. The summed E-state index contributed by atoms with van der Waals surface area (Å²) in [6, 6.07) is 11.6. The number of rotatable bonds is 4. The van der Waals surface area contributed by atoms with Crippen molar-refractivity contribution in [2.24, 2.45) is 0 Å². The first-order valence-corrected chi connectivity index (χ1v) is 9.56. The van der Waals surface area contributed by atoms with Crippen molar-refractivity contribution in [3.05, 3.63) is 53.1 Å². The molecule has 1 aliphatic rings. The standard InChI is InChI=1S/C20H24N2O3S/c1-13-5-6-15(11-14(13)2)21-20(23)22-9-10-26-19(22)17-8-7-16(24-3)12-18(17)25-4/h5-8,11-12,19H,9-10H2,1-4H3,(H,21,23). The predicted molar refractivity (Wildman–Crippen MR) is 106 cm³/mol. The van der Waals surface area contributed by atoms with Gasteiger partial charge in [-0.25, -0.2) is 4.79 Å². The van der Waals surface area contributed by atoms with E-state index in [-0.39, 0.29) is 11.4 Å². The molecule has 3 rings (SSSR count). The van der Waals surface area contributed by atoms with Crippen molar-refractivity contribution in [3.63, 3.8) is 0 Å². The summed E-state index contributed by atoms with van der Waals surface area (Å²) in [4.78, 5) is 14.7. The van der Waals surface area contributed by atoms with Gasteiger partial charge in [0.2, 0.25) is 0 Å². The highest BCUT2D eigenvalue weighted by atomic mass is 32.2. The van der Waals surface area contributed by atoms with E-state index in [0.29, 0.717) is 6.54 Å². The molecule has 2 aromatic rings. The molecule has 0 radical (unpaired) electrons. The molecule has 2 aromatic carbocycles. The lowest BCUT2D eigenvalue weighted by atomic mass is 10.1. The number of nitrogens with zero attached hydrogens (tertiary/aromatic N) is 1. The molecule has 2 amide bonds. The molecule has 0 bridgehead atoms. The minimum Gasteiger partial charge on any atom is -0.497 e. The fourth-order valence-electron chi connectivity index (χ4n) is 2.97. The zero-order valence-corrected chi connectivity index (χ0v) is 16.4. The van der Waals surface area contributed by atoms with Crippen LogP contribution in [0.15, 0.2) is 36.4 Å². The highest BCUT2D eigenvalue weighted by molar-refractivity contribution is 7.99. The minimum atomic E-state index is -0.0962. The van der Waals surface area contributed by atoms with Crippen molar-refractivity contribution < 1.29 is 14.3 Å². The Morgan fingerprint density at radius 1 is 1.12 bits per heavy atom. The van der Waals surface area contributed by atoms with Crippen LogP contribution in [0.2, 0.25) is 0 Å². The summed E-state index contributed by atoms with van der Waals surface area (Å²) in [6.07, 6.45) is 0. The number of benzene rings is 2. The SMILES string of the molecule is COc1ccc(C2SCCN2C(=O)Nc2ccc(C)c(C)c2)c(OC)c1. The summed E-state index contributed by atoms with van der Waals surface area (Å²) in [6.45, 7) is 4.80. The van der Waals surface area contributed by atoms with Crippen LogP contribution in [0.5, 0.6) is 11.5 Å².